The third-order valence-corrected chi connectivity index (χ3v) is 7.88. The van der Waals surface area contributed by atoms with Crippen molar-refractivity contribution in [2.45, 2.75) is 25.7 Å². The zero-order chi connectivity index (χ0) is 26.6. The Morgan fingerprint density at radius 2 is 1.53 bits per heavy atom. The van der Waals surface area contributed by atoms with Gasteiger partial charge in [0, 0.05) is 62.6 Å². The lowest BCUT2D eigenvalue weighted by molar-refractivity contribution is 0.0702. The molecule has 0 unspecified atom stereocenters. The Kier molecular flexibility index (Phi) is 7.84. The summed E-state index contributed by atoms with van der Waals surface area (Å²) in [5.41, 5.74) is 4.07. The van der Waals surface area contributed by atoms with Crippen LogP contribution in [0, 0.1) is 6.92 Å². The van der Waals surface area contributed by atoms with Gasteiger partial charge in [0.1, 0.15) is 5.75 Å². The van der Waals surface area contributed by atoms with Gasteiger partial charge in [-0.15, -0.1) is 0 Å². The first-order valence-corrected chi connectivity index (χ1v) is 13.5. The molecule has 5 rings (SSSR count). The highest BCUT2D eigenvalue weighted by atomic mass is 35.5. The summed E-state index contributed by atoms with van der Waals surface area (Å²) in [6, 6.07) is 19.0. The van der Waals surface area contributed by atoms with Gasteiger partial charge in [0.2, 0.25) is 0 Å². The molecule has 2 fully saturated rings. The number of rotatable bonds is 5. The number of aromatic nitrogens is 1. The Balaban J connectivity index is 1.25. The number of pyridine rings is 1. The molecule has 8 heteroatoms. The van der Waals surface area contributed by atoms with E-state index in [2.05, 4.69) is 11.0 Å². The van der Waals surface area contributed by atoms with Crippen molar-refractivity contribution in [3.63, 3.8) is 0 Å². The molecule has 1 aromatic heterocycles. The molecular formula is C30H33ClN4O3. The number of carbonyl (C=O) groups is 2. The van der Waals surface area contributed by atoms with E-state index in [1.54, 1.807) is 19.2 Å². The average Bonchev–Trinajstić information content (AvgIpc) is 2.97. The fourth-order valence-corrected chi connectivity index (χ4v) is 5.59. The van der Waals surface area contributed by atoms with E-state index in [0.717, 1.165) is 48.8 Å². The van der Waals surface area contributed by atoms with Gasteiger partial charge in [-0.25, -0.2) is 0 Å². The maximum absolute atomic E-state index is 13.7. The van der Waals surface area contributed by atoms with E-state index in [-0.39, 0.29) is 17.7 Å². The summed E-state index contributed by atoms with van der Waals surface area (Å²) in [5.74, 6) is 0.946. The van der Waals surface area contributed by atoms with Crippen molar-refractivity contribution < 1.29 is 14.3 Å². The highest BCUT2D eigenvalue weighted by Gasteiger charge is 2.31. The van der Waals surface area contributed by atoms with Crippen LogP contribution >= 0.6 is 11.6 Å². The first-order chi connectivity index (χ1) is 18.4. The Morgan fingerprint density at radius 1 is 0.842 bits per heavy atom. The molecule has 2 aliphatic rings. The summed E-state index contributed by atoms with van der Waals surface area (Å²) in [5, 5.41) is 0.472. The van der Waals surface area contributed by atoms with Crippen LogP contribution in [0.4, 0.5) is 5.69 Å². The molecule has 2 aromatic carbocycles. The number of likely N-dealkylation sites (tertiary alicyclic amines) is 1. The maximum atomic E-state index is 13.7. The van der Waals surface area contributed by atoms with E-state index in [0.29, 0.717) is 42.3 Å². The van der Waals surface area contributed by atoms with Gasteiger partial charge in [0.05, 0.1) is 29.0 Å². The van der Waals surface area contributed by atoms with Crippen LogP contribution in [0.3, 0.4) is 0 Å². The van der Waals surface area contributed by atoms with Gasteiger partial charge in [-0.2, -0.15) is 0 Å². The Hall–Kier alpha value is -3.58. The third kappa shape index (κ3) is 5.48. The van der Waals surface area contributed by atoms with E-state index in [1.807, 2.05) is 59.2 Å². The molecule has 0 bridgehead atoms. The van der Waals surface area contributed by atoms with Crippen molar-refractivity contribution in [2.24, 2.45) is 0 Å². The minimum atomic E-state index is -0.0449. The monoisotopic (exact) mass is 532 g/mol. The molecule has 0 saturated carbocycles. The highest BCUT2D eigenvalue weighted by molar-refractivity contribution is 6.33. The predicted molar refractivity (Wildman–Crippen MR) is 149 cm³/mol. The molecule has 7 nitrogen and oxygen atoms in total. The van der Waals surface area contributed by atoms with E-state index in [1.165, 1.54) is 0 Å². The zero-order valence-corrected chi connectivity index (χ0v) is 22.7. The molecule has 2 aliphatic heterocycles. The number of piperidine rings is 1. The summed E-state index contributed by atoms with van der Waals surface area (Å²) >= 11 is 6.26. The molecule has 3 aromatic rings. The van der Waals surface area contributed by atoms with Crippen molar-refractivity contribution in [2.75, 3.05) is 51.3 Å². The summed E-state index contributed by atoms with van der Waals surface area (Å²) in [7, 11) is 1.67. The van der Waals surface area contributed by atoms with E-state index >= 15 is 0 Å². The largest absolute Gasteiger partial charge is 0.497 e. The molecule has 3 heterocycles. The standard InChI is InChI=1S/C30H33ClN4O3/c1-21-10-11-26(30(37)35-18-16-33(17-19-35)23-6-5-7-24(20-23)38-2)28(32-21)22-12-14-34(15-13-22)29(36)25-8-3-4-9-27(25)31/h3-11,20,22H,12-19H2,1-2H3. The average molecular weight is 533 g/mol. The molecule has 0 N–H and O–H groups in total. The van der Waals surface area contributed by atoms with Gasteiger partial charge in [-0.1, -0.05) is 29.8 Å². The van der Waals surface area contributed by atoms with Crippen LogP contribution < -0.4 is 9.64 Å². The summed E-state index contributed by atoms with van der Waals surface area (Å²) < 4.78 is 5.36. The Morgan fingerprint density at radius 3 is 2.24 bits per heavy atom. The van der Waals surface area contributed by atoms with Crippen LogP contribution in [-0.4, -0.2) is 73.0 Å². The topological polar surface area (TPSA) is 66.0 Å². The van der Waals surface area contributed by atoms with Crippen molar-refractivity contribution in [1.29, 1.82) is 0 Å². The lowest BCUT2D eigenvalue weighted by Crippen LogP contribution is -2.49. The third-order valence-electron chi connectivity index (χ3n) is 7.55. The second-order valence-electron chi connectivity index (χ2n) is 9.91. The smallest absolute Gasteiger partial charge is 0.255 e. The first kappa shape index (κ1) is 26.0. The van der Waals surface area contributed by atoms with Crippen LogP contribution in [0.25, 0.3) is 0 Å². The number of anilines is 1. The number of ether oxygens (including phenoxy) is 1. The summed E-state index contributed by atoms with van der Waals surface area (Å²) in [4.78, 5) is 37.6. The molecule has 198 valence electrons. The number of benzene rings is 2. The lowest BCUT2D eigenvalue weighted by atomic mass is 9.89. The van der Waals surface area contributed by atoms with Gasteiger partial charge < -0.3 is 19.4 Å². The second-order valence-corrected chi connectivity index (χ2v) is 10.3. The number of hydrogen-bond donors (Lipinski definition) is 0. The molecular weight excluding hydrogens is 500 g/mol. The second kappa shape index (κ2) is 11.4. The van der Waals surface area contributed by atoms with Crippen LogP contribution in [-0.2, 0) is 0 Å². The van der Waals surface area contributed by atoms with Crippen molar-refractivity contribution in [3.05, 3.63) is 88.2 Å². The van der Waals surface area contributed by atoms with Crippen LogP contribution in [0.15, 0.2) is 60.7 Å². The molecule has 0 atom stereocenters. The molecule has 0 radical (unpaired) electrons. The molecule has 38 heavy (non-hydrogen) atoms. The quantitative estimate of drug-likeness (QED) is 0.461. The number of methoxy groups -OCH3 is 1. The van der Waals surface area contributed by atoms with Crippen LogP contribution in [0.2, 0.25) is 5.02 Å². The van der Waals surface area contributed by atoms with Gasteiger partial charge in [0.25, 0.3) is 11.8 Å². The fourth-order valence-electron chi connectivity index (χ4n) is 5.38. The van der Waals surface area contributed by atoms with Crippen molar-refractivity contribution in [3.8, 4) is 5.75 Å². The Bertz CT molecular complexity index is 1310. The number of nitrogens with zero attached hydrogens (tertiary/aromatic N) is 4. The molecule has 2 saturated heterocycles. The van der Waals surface area contributed by atoms with Gasteiger partial charge >= 0.3 is 0 Å². The normalized spacial score (nSPS) is 16.4. The number of aryl methyl sites for hydroxylation is 1. The SMILES string of the molecule is COc1cccc(N2CCN(C(=O)c3ccc(C)nc3C3CCN(C(=O)c4ccccc4Cl)CC3)CC2)c1. The van der Waals surface area contributed by atoms with Crippen LogP contribution in [0.5, 0.6) is 5.75 Å². The van der Waals surface area contributed by atoms with E-state index < -0.39 is 0 Å². The molecule has 2 amide bonds. The molecule has 0 aliphatic carbocycles. The minimum Gasteiger partial charge on any atom is -0.497 e. The minimum absolute atomic E-state index is 0.0346. The number of halogens is 1. The number of carbonyl (C=O) groups excluding carboxylic acids is 2. The summed E-state index contributed by atoms with van der Waals surface area (Å²) in [6.07, 6.45) is 1.52. The lowest BCUT2D eigenvalue weighted by Gasteiger charge is -2.37. The molecule has 0 spiro atoms. The number of piperazine rings is 1. The number of hydrogen-bond acceptors (Lipinski definition) is 5. The Labute approximate surface area is 229 Å². The zero-order valence-electron chi connectivity index (χ0n) is 21.9. The predicted octanol–water partition coefficient (Wildman–Crippen LogP) is 5.03. The van der Waals surface area contributed by atoms with Crippen molar-refractivity contribution >= 4 is 29.1 Å². The van der Waals surface area contributed by atoms with Gasteiger partial charge in [-0.3, -0.25) is 14.6 Å². The van der Waals surface area contributed by atoms with E-state index in [9.17, 15) is 9.59 Å². The van der Waals surface area contributed by atoms with Gasteiger partial charge in [0.15, 0.2) is 0 Å². The number of amides is 2. The van der Waals surface area contributed by atoms with Crippen molar-refractivity contribution in [1.82, 2.24) is 14.8 Å². The van der Waals surface area contributed by atoms with E-state index in [4.69, 9.17) is 21.3 Å². The summed E-state index contributed by atoms with van der Waals surface area (Å²) in [6.45, 7) is 5.99. The highest BCUT2D eigenvalue weighted by Crippen LogP contribution is 2.32. The van der Waals surface area contributed by atoms with Crippen LogP contribution in [0.1, 0.15) is 50.9 Å². The maximum Gasteiger partial charge on any atom is 0.255 e. The van der Waals surface area contributed by atoms with Gasteiger partial charge in [-0.05, 0) is 56.2 Å². The first-order valence-electron chi connectivity index (χ1n) is 13.1. The fraction of sp³-hybridized carbons (Fsp3) is 0.367.